The Bertz CT molecular complexity index is 478. The standard InChI is InChI=1S/C18H26N2O/c19-16-6-4-15(5-7-16)14-17(21)20-12-10-18(11-13-20)8-2-1-3-9-18/h4-7H,1-3,8-14,19H2. The largest absolute Gasteiger partial charge is 0.399 e. The number of hydrogen-bond donors (Lipinski definition) is 1. The average Bonchev–Trinajstić information content (AvgIpc) is 2.51. The molecule has 1 aliphatic heterocycles. The molecule has 1 aromatic rings. The molecular weight excluding hydrogens is 260 g/mol. The molecule has 0 unspecified atom stereocenters. The Labute approximate surface area is 127 Å². The molecule has 2 N–H and O–H groups in total. The molecule has 0 radical (unpaired) electrons. The minimum Gasteiger partial charge on any atom is -0.399 e. The first-order valence-corrected chi connectivity index (χ1v) is 8.29. The van der Waals surface area contributed by atoms with E-state index in [1.54, 1.807) is 0 Å². The second-order valence-electron chi connectivity index (χ2n) is 6.86. The maximum Gasteiger partial charge on any atom is 0.226 e. The number of nitrogen functional groups attached to an aromatic ring is 1. The molecule has 1 aromatic carbocycles. The highest BCUT2D eigenvalue weighted by atomic mass is 16.2. The zero-order chi connectivity index (χ0) is 14.7. The van der Waals surface area contributed by atoms with E-state index in [-0.39, 0.29) is 5.91 Å². The van der Waals surface area contributed by atoms with Gasteiger partial charge in [0, 0.05) is 18.8 Å². The van der Waals surface area contributed by atoms with Gasteiger partial charge in [-0.3, -0.25) is 4.79 Å². The van der Waals surface area contributed by atoms with E-state index in [1.807, 2.05) is 24.3 Å². The number of rotatable bonds is 2. The molecule has 1 aliphatic carbocycles. The van der Waals surface area contributed by atoms with Crippen molar-refractivity contribution in [2.24, 2.45) is 5.41 Å². The number of nitrogens with two attached hydrogens (primary N) is 1. The first-order chi connectivity index (χ1) is 10.2. The predicted molar refractivity (Wildman–Crippen MR) is 85.9 cm³/mol. The van der Waals surface area contributed by atoms with Crippen molar-refractivity contribution in [3.8, 4) is 0 Å². The van der Waals surface area contributed by atoms with Crippen LogP contribution in [-0.2, 0) is 11.2 Å². The van der Waals surface area contributed by atoms with Crippen molar-refractivity contribution in [3.05, 3.63) is 29.8 Å². The van der Waals surface area contributed by atoms with Crippen LogP contribution in [0.3, 0.4) is 0 Å². The van der Waals surface area contributed by atoms with Gasteiger partial charge in [-0.2, -0.15) is 0 Å². The Morgan fingerprint density at radius 3 is 2.24 bits per heavy atom. The quantitative estimate of drug-likeness (QED) is 0.847. The van der Waals surface area contributed by atoms with Crippen molar-refractivity contribution >= 4 is 11.6 Å². The van der Waals surface area contributed by atoms with Crippen LogP contribution < -0.4 is 5.73 Å². The van der Waals surface area contributed by atoms with Crippen molar-refractivity contribution in [1.29, 1.82) is 0 Å². The van der Waals surface area contributed by atoms with Gasteiger partial charge in [0.2, 0.25) is 5.91 Å². The molecule has 1 amide bonds. The number of amides is 1. The molecule has 1 spiro atoms. The molecule has 1 heterocycles. The lowest BCUT2D eigenvalue weighted by Crippen LogP contribution is -2.44. The molecule has 1 saturated heterocycles. The molecule has 0 atom stereocenters. The Kier molecular flexibility index (Phi) is 4.18. The lowest BCUT2D eigenvalue weighted by Gasteiger charge is -2.44. The fourth-order valence-electron chi connectivity index (χ4n) is 3.95. The summed E-state index contributed by atoms with van der Waals surface area (Å²) in [4.78, 5) is 14.5. The Hall–Kier alpha value is -1.51. The summed E-state index contributed by atoms with van der Waals surface area (Å²) in [6, 6.07) is 7.66. The molecule has 3 rings (SSSR count). The molecule has 0 aromatic heterocycles. The number of carbonyl (C=O) groups is 1. The number of nitrogens with zero attached hydrogens (tertiary/aromatic N) is 1. The summed E-state index contributed by atoms with van der Waals surface area (Å²) < 4.78 is 0. The maximum atomic E-state index is 12.4. The van der Waals surface area contributed by atoms with Crippen LogP contribution in [0.15, 0.2) is 24.3 Å². The van der Waals surface area contributed by atoms with E-state index in [0.717, 1.165) is 24.3 Å². The minimum atomic E-state index is 0.269. The summed E-state index contributed by atoms with van der Waals surface area (Å²) in [5.74, 6) is 0.269. The Balaban J connectivity index is 1.54. The van der Waals surface area contributed by atoms with Crippen molar-refractivity contribution in [1.82, 2.24) is 4.90 Å². The van der Waals surface area contributed by atoms with Gasteiger partial charge in [-0.1, -0.05) is 31.4 Å². The summed E-state index contributed by atoms with van der Waals surface area (Å²) in [5, 5.41) is 0. The number of anilines is 1. The van der Waals surface area contributed by atoms with Gasteiger partial charge in [0.25, 0.3) is 0 Å². The lowest BCUT2D eigenvalue weighted by molar-refractivity contribution is -0.133. The number of benzene rings is 1. The third-order valence-corrected chi connectivity index (χ3v) is 5.43. The molecule has 1 saturated carbocycles. The molecular formula is C18H26N2O. The summed E-state index contributed by atoms with van der Waals surface area (Å²) >= 11 is 0. The lowest BCUT2D eigenvalue weighted by atomic mass is 9.68. The van der Waals surface area contributed by atoms with E-state index in [2.05, 4.69) is 4.90 Å². The van der Waals surface area contributed by atoms with Gasteiger partial charge < -0.3 is 10.6 Å². The van der Waals surface area contributed by atoms with Crippen LogP contribution in [0.1, 0.15) is 50.5 Å². The minimum absolute atomic E-state index is 0.269. The van der Waals surface area contributed by atoms with E-state index in [9.17, 15) is 4.79 Å². The second kappa shape index (κ2) is 6.08. The maximum absolute atomic E-state index is 12.4. The van der Waals surface area contributed by atoms with Crippen LogP contribution in [0, 0.1) is 5.41 Å². The summed E-state index contributed by atoms with van der Waals surface area (Å²) in [7, 11) is 0. The molecule has 21 heavy (non-hydrogen) atoms. The Morgan fingerprint density at radius 2 is 1.62 bits per heavy atom. The van der Waals surface area contributed by atoms with Gasteiger partial charge in [-0.15, -0.1) is 0 Å². The summed E-state index contributed by atoms with van der Waals surface area (Å²) in [6.07, 6.45) is 9.87. The predicted octanol–water partition coefficient (Wildman–Crippen LogP) is 3.38. The van der Waals surface area contributed by atoms with E-state index in [1.165, 1.54) is 44.9 Å². The van der Waals surface area contributed by atoms with E-state index < -0.39 is 0 Å². The summed E-state index contributed by atoms with van der Waals surface area (Å²) in [5.41, 5.74) is 8.07. The first kappa shape index (κ1) is 14.4. The fourth-order valence-corrected chi connectivity index (χ4v) is 3.95. The molecule has 0 bridgehead atoms. The van der Waals surface area contributed by atoms with Crippen LogP contribution >= 0.6 is 0 Å². The summed E-state index contributed by atoms with van der Waals surface area (Å²) in [6.45, 7) is 1.90. The van der Waals surface area contributed by atoms with Crippen molar-refractivity contribution < 1.29 is 4.79 Å². The van der Waals surface area contributed by atoms with Crippen molar-refractivity contribution in [3.63, 3.8) is 0 Å². The molecule has 2 aliphatic rings. The van der Waals surface area contributed by atoms with E-state index in [0.29, 0.717) is 11.8 Å². The highest BCUT2D eigenvalue weighted by molar-refractivity contribution is 5.79. The second-order valence-corrected chi connectivity index (χ2v) is 6.86. The molecule has 2 fully saturated rings. The average molecular weight is 286 g/mol. The van der Waals surface area contributed by atoms with Gasteiger partial charge in [0.05, 0.1) is 6.42 Å². The van der Waals surface area contributed by atoms with Crippen molar-refractivity contribution in [2.75, 3.05) is 18.8 Å². The normalized spacial score (nSPS) is 21.4. The highest BCUT2D eigenvalue weighted by Gasteiger charge is 2.36. The van der Waals surface area contributed by atoms with E-state index >= 15 is 0 Å². The monoisotopic (exact) mass is 286 g/mol. The highest BCUT2D eigenvalue weighted by Crippen LogP contribution is 2.44. The van der Waals surface area contributed by atoms with Gasteiger partial charge in [0.1, 0.15) is 0 Å². The van der Waals surface area contributed by atoms with Crippen molar-refractivity contribution in [2.45, 2.75) is 51.4 Å². The molecule has 114 valence electrons. The van der Waals surface area contributed by atoms with Gasteiger partial charge in [-0.25, -0.2) is 0 Å². The SMILES string of the molecule is Nc1ccc(CC(=O)N2CCC3(CCCCC3)CC2)cc1. The topological polar surface area (TPSA) is 46.3 Å². The first-order valence-electron chi connectivity index (χ1n) is 8.29. The van der Waals surface area contributed by atoms with Crippen LogP contribution in [0.25, 0.3) is 0 Å². The zero-order valence-electron chi connectivity index (χ0n) is 12.8. The third-order valence-electron chi connectivity index (χ3n) is 5.43. The Morgan fingerprint density at radius 1 is 1.00 bits per heavy atom. The molecule has 3 nitrogen and oxygen atoms in total. The van der Waals surface area contributed by atoms with Crippen LogP contribution in [-0.4, -0.2) is 23.9 Å². The number of carbonyl (C=O) groups excluding carboxylic acids is 1. The number of hydrogen-bond acceptors (Lipinski definition) is 2. The zero-order valence-corrected chi connectivity index (χ0v) is 12.8. The molecule has 3 heteroatoms. The smallest absolute Gasteiger partial charge is 0.226 e. The van der Waals surface area contributed by atoms with Crippen LogP contribution in [0.4, 0.5) is 5.69 Å². The van der Waals surface area contributed by atoms with E-state index in [4.69, 9.17) is 5.73 Å². The fraction of sp³-hybridized carbons (Fsp3) is 0.611. The number of likely N-dealkylation sites (tertiary alicyclic amines) is 1. The van der Waals surface area contributed by atoms with Gasteiger partial charge in [-0.05, 0) is 48.8 Å². The van der Waals surface area contributed by atoms with Crippen LogP contribution in [0.5, 0.6) is 0 Å². The van der Waals surface area contributed by atoms with Gasteiger partial charge in [0.15, 0.2) is 0 Å². The van der Waals surface area contributed by atoms with Gasteiger partial charge >= 0.3 is 0 Å². The van der Waals surface area contributed by atoms with Crippen LogP contribution in [0.2, 0.25) is 0 Å². The third kappa shape index (κ3) is 3.39. The number of piperidine rings is 1.